The lowest BCUT2D eigenvalue weighted by atomic mass is 10.1. The lowest BCUT2D eigenvalue weighted by Crippen LogP contribution is -3.00. The Bertz CT molecular complexity index is 939. The van der Waals surface area contributed by atoms with Gasteiger partial charge in [-0.25, -0.2) is 9.78 Å². The Kier molecular flexibility index (Phi) is 5.51. The zero-order chi connectivity index (χ0) is 16.7. The van der Waals surface area contributed by atoms with Crippen LogP contribution in [0.25, 0.3) is 21.0 Å². The average molecular weight is 460 g/mol. The number of anilines is 1. The molecule has 128 valence electrons. The molecular formula is C16H17IN2O4S. The summed E-state index contributed by atoms with van der Waals surface area (Å²) < 4.78 is 16.7. The summed E-state index contributed by atoms with van der Waals surface area (Å²) in [5.41, 5.74) is 8.07. The van der Waals surface area contributed by atoms with Crippen molar-refractivity contribution >= 4 is 43.4 Å². The number of hydrogen-bond donors (Lipinski definition) is 1. The van der Waals surface area contributed by atoms with Crippen molar-refractivity contribution in [3.05, 3.63) is 29.5 Å². The van der Waals surface area contributed by atoms with Gasteiger partial charge in [0.25, 0.3) is 0 Å². The highest BCUT2D eigenvalue weighted by atomic mass is 127. The highest BCUT2D eigenvalue weighted by molar-refractivity contribution is 7.34. The van der Waals surface area contributed by atoms with Crippen LogP contribution >= 0.6 is 10.8 Å². The number of hydrogen-bond acceptors (Lipinski definition) is 6. The van der Waals surface area contributed by atoms with Gasteiger partial charge in [0.05, 0.1) is 44.0 Å². The van der Waals surface area contributed by atoms with Gasteiger partial charge in [-0.05, 0) is 18.6 Å². The number of ether oxygens (including phenoxy) is 2. The fourth-order valence-electron chi connectivity index (χ4n) is 2.64. The SMILES string of the molecule is COC(=O)c1nc2c(cc1N)c(C)cc1c2cc(OC)[s+]1OC.[I-]. The molecule has 1 aromatic carbocycles. The summed E-state index contributed by atoms with van der Waals surface area (Å²) in [7, 11) is 3.97. The number of aryl methyl sites for hydroxylation is 1. The van der Waals surface area contributed by atoms with Crippen LogP contribution in [0.5, 0.6) is 5.06 Å². The number of methoxy groups -OCH3 is 2. The van der Waals surface area contributed by atoms with Crippen LogP contribution in [0.4, 0.5) is 5.69 Å². The van der Waals surface area contributed by atoms with Crippen molar-refractivity contribution in [3.8, 4) is 5.06 Å². The number of carbonyl (C=O) groups is 1. The molecule has 0 radical (unpaired) electrons. The lowest BCUT2D eigenvalue weighted by molar-refractivity contribution is -0.0000199. The zero-order valence-corrected chi connectivity index (χ0v) is 16.6. The van der Waals surface area contributed by atoms with Gasteiger partial charge in [0.2, 0.25) is 4.70 Å². The van der Waals surface area contributed by atoms with E-state index < -0.39 is 16.7 Å². The number of aromatic nitrogens is 1. The highest BCUT2D eigenvalue weighted by Gasteiger charge is 2.27. The first kappa shape index (κ1) is 18.7. The molecule has 3 aromatic rings. The molecule has 2 heterocycles. The minimum Gasteiger partial charge on any atom is -1.00 e. The summed E-state index contributed by atoms with van der Waals surface area (Å²) in [4.78, 5) is 16.3. The van der Waals surface area contributed by atoms with Crippen LogP contribution in [-0.4, -0.2) is 32.3 Å². The predicted molar refractivity (Wildman–Crippen MR) is 91.3 cm³/mol. The third-order valence-electron chi connectivity index (χ3n) is 3.74. The Morgan fingerprint density at radius 3 is 2.46 bits per heavy atom. The summed E-state index contributed by atoms with van der Waals surface area (Å²) in [5, 5.41) is 2.51. The minimum absolute atomic E-state index is 0. The second-order valence-electron chi connectivity index (χ2n) is 5.02. The quantitative estimate of drug-likeness (QED) is 0.334. The maximum atomic E-state index is 11.9. The molecule has 0 saturated heterocycles. The Hall–Kier alpha value is -1.65. The largest absolute Gasteiger partial charge is 1.00 e. The van der Waals surface area contributed by atoms with Crippen LogP contribution in [0, 0.1) is 6.92 Å². The third kappa shape index (κ3) is 2.78. The van der Waals surface area contributed by atoms with E-state index in [0.29, 0.717) is 11.2 Å². The molecule has 0 fully saturated rings. The fourth-order valence-corrected chi connectivity index (χ4v) is 4.22. The van der Waals surface area contributed by atoms with Crippen LogP contribution in [0.3, 0.4) is 0 Å². The Morgan fingerprint density at radius 2 is 1.88 bits per heavy atom. The van der Waals surface area contributed by atoms with Gasteiger partial charge in [-0.15, -0.1) is 0 Å². The van der Waals surface area contributed by atoms with Crippen molar-refractivity contribution in [3.63, 3.8) is 0 Å². The van der Waals surface area contributed by atoms with Gasteiger partial charge in [-0.2, -0.15) is 4.18 Å². The van der Waals surface area contributed by atoms with Crippen LogP contribution in [-0.2, 0) is 4.74 Å². The van der Waals surface area contributed by atoms with E-state index in [1.54, 1.807) is 20.3 Å². The summed E-state index contributed by atoms with van der Waals surface area (Å²) in [6, 6.07) is 5.70. The Morgan fingerprint density at radius 1 is 1.17 bits per heavy atom. The molecule has 0 aliphatic rings. The Labute approximate surface area is 159 Å². The molecule has 0 aliphatic carbocycles. The van der Waals surface area contributed by atoms with Gasteiger partial charge in [0, 0.05) is 11.5 Å². The second kappa shape index (κ2) is 7.08. The molecule has 3 rings (SSSR count). The zero-order valence-electron chi connectivity index (χ0n) is 13.7. The van der Waals surface area contributed by atoms with E-state index in [4.69, 9.17) is 19.4 Å². The first-order valence-electron chi connectivity index (χ1n) is 6.88. The number of nitrogens with two attached hydrogens (primary N) is 1. The second-order valence-corrected chi connectivity index (χ2v) is 6.74. The number of nitrogen functional groups attached to an aromatic ring is 1. The fraction of sp³-hybridized carbons (Fsp3) is 0.250. The summed E-state index contributed by atoms with van der Waals surface area (Å²) in [6.45, 7) is 1.98. The average Bonchev–Trinajstić information content (AvgIpc) is 2.91. The van der Waals surface area contributed by atoms with E-state index in [1.165, 1.54) is 7.11 Å². The molecule has 0 bridgehead atoms. The van der Waals surface area contributed by atoms with E-state index in [9.17, 15) is 4.79 Å². The summed E-state index contributed by atoms with van der Waals surface area (Å²) >= 11 is 0. The molecule has 2 N–H and O–H groups in total. The molecule has 0 amide bonds. The predicted octanol–water partition coefficient (Wildman–Crippen LogP) is -0.115. The summed E-state index contributed by atoms with van der Waals surface area (Å²) in [6.07, 6.45) is 0. The standard InChI is InChI=1S/C16H16N2O4S.HI/c1-8-5-12-10(7-13(20-2)23(12)22-4)14-9(8)6-11(17)15(18-14)16(19)21-3;/h5-7H,1-4H3,(H-,17,19);1H. The van der Waals surface area contributed by atoms with Gasteiger partial charge in [-0.1, -0.05) is 0 Å². The normalized spacial score (nSPS) is 11.4. The van der Waals surface area contributed by atoms with Gasteiger partial charge in [0.1, 0.15) is 0 Å². The van der Waals surface area contributed by atoms with Crippen LogP contribution < -0.4 is 38.6 Å². The van der Waals surface area contributed by atoms with Gasteiger partial charge >= 0.3 is 11.0 Å². The molecular weight excluding hydrogens is 443 g/mol. The topological polar surface area (TPSA) is 83.7 Å². The van der Waals surface area contributed by atoms with E-state index in [-0.39, 0.29) is 29.7 Å². The lowest BCUT2D eigenvalue weighted by Gasteiger charge is -2.07. The molecule has 6 nitrogen and oxygen atoms in total. The van der Waals surface area contributed by atoms with Gasteiger partial charge in [-0.3, -0.25) is 0 Å². The summed E-state index contributed by atoms with van der Waals surface area (Å²) in [5.74, 6) is -0.556. The third-order valence-corrected chi connectivity index (χ3v) is 5.46. The van der Waals surface area contributed by atoms with E-state index in [1.807, 2.05) is 19.1 Å². The first-order chi connectivity index (χ1) is 11.0. The van der Waals surface area contributed by atoms with Gasteiger partial charge < -0.3 is 39.2 Å². The molecule has 0 saturated carbocycles. The smallest absolute Gasteiger partial charge is 0.366 e. The van der Waals surface area contributed by atoms with E-state index >= 15 is 0 Å². The molecule has 0 aliphatic heterocycles. The first-order valence-corrected chi connectivity index (χ1v) is 8.03. The molecule has 8 heteroatoms. The number of halogens is 1. The van der Waals surface area contributed by atoms with Crippen molar-refractivity contribution in [2.45, 2.75) is 6.92 Å². The minimum atomic E-state index is -0.586. The maximum Gasteiger partial charge on any atom is 0.366 e. The van der Waals surface area contributed by atoms with Crippen molar-refractivity contribution in [1.82, 2.24) is 4.98 Å². The van der Waals surface area contributed by atoms with Crippen molar-refractivity contribution < 1.29 is 42.4 Å². The highest BCUT2D eigenvalue weighted by Crippen LogP contribution is 2.44. The van der Waals surface area contributed by atoms with Crippen molar-refractivity contribution in [2.24, 2.45) is 0 Å². The van der Waals surface area contributed by atoms with Crippen LogP contribution in [0.1, 0.15) is 16.1 Å². The number of benzene rings is 1. The van der Waals surface area contributed by atoms with E-state index in [2.05, 4.69) is 4.98 Å². The van der Waals surface area contributed by atoms with E-state index in [0.717, 1.165) is 26.1 Å². The molecule has 24 heavy (non-hydrogen) atoms. The number of pyridine rings is 1. The number of carbonyl (C=O) groups excluding carboxylic acids is 1. The van der Waals surface area contributed by atoms with Crippen molar-refractivity contribution in [2.75, 3.05) is 27.1 Å². The molecule has 0 spiro atoms. The monoisotopic (exact) mass is 460 g/mol. The van der Waals surface area contributed by atoms with Crippen LogP contribution in [0.2, 0.25) is 0 Å². The number of fused-ring (bicyclic) bond motifs is 3. The Balaban J connectivity index is 0.00000208. The number of rotatable bonds is 3. The number of esters is 1. The van der Waals surface area contributed by atoms with Crippen molar-refractivity contribution in [1.29, 1.82) is 0 Å². The molecule has 1 atom stereocenters. The van der Waals surface area contributed by atoms with Crippen LogP contribution in [0.15, 0.2) is 18.2 Å². The molecule has 1 unspecified atom stereocenters. The number of nitrogens with zero attached hydrogens (tertiary/aromatic N) is 1. The van der Waals surface area contributed by atoms with Gasteiger partial charge in [0.15, 0.2) is 16.4 Å². The maximum absolute atomic E-state index is 11.9. The number of thiophene rings is 1. The molecule has 2 aromatic heterocycles.